The van der Waals surface area contributed by atoms with Gasteiger partial charge in [0.15, 0.2) is 0 Å². The first-order valence-electron chi connectivity index (χ1n) is 6.30. The number of carboxylic acids is 1. The standard InChI is InChI=1S/C14H20N2O3/c1-10(15)9-13(17)16-12(14(18)19)8-7-11-5-3-2-4-6-11/h2-6,10,12H,7-9,15H2,1H3,(H,16,17)(H,18,19). The van der Waals surface area contributed by atoms with Crippen molar-refractivity contribution in [3.05, 3.63) is 35.9 Å². The van der Waals surface area contributed by atoms with Gasteiger partial charge in [0, 0.05) is 12.5 Å². The predicted molar refractivity (Wildman–Crippen MR) is 72.6 cm³/mol. The zero-order chi connectivity index (χ0) is 14.3. The fourth-order valence-corrected chi connectivity index (χ4v) is 1.76. The van der Waals surface area contributed by atoms with Crippen molar-refractivity contribution >= 4 is 11.9 Å². The average molecular weight is 264 g/mol. The summed E-state index contributed by atoms with van der Waals surface area (Å²) in [6, 6.07) is 8.43. The number of hydrogen-bond donors (Lipinski definition) is 3. The van der Waals surface area contributed by atoms with E-state index >= 15 is 0 Å². The molecule has 2 unspecified atom stereocenters. The third-order valence-corrected chi connectivity index (χ3v) is 2.71. The Balaban J connectivity index is 2.49. The van der Waals surface area contributed by atoms with E-state index in [2.05, 4.69) is 5.32 Å². The molecule has 0 bridgehead atoms. The number of hydrogen-bond acceptors (Lipinski definition) is 3. The quantitative estimate of drug-likeness (QED) is 0.683. The molecule has 2 atom stereocenters. The number of nitrogens with one attached hydrogen (secondary N) is 1. The number of carbonyl (C=O) groups excluding carboxylic acids is 1. The van der Waals surface area contributed by atoms with Gasteiger partial charge in [0.25, 0.3) is 0 Å². The van der Waals surface area contributed by atoms with Crippen LogP contribution in [0.15, 0.2) is 30.3 Å². The summed E-state index contributed by atoms with van der Waals surface area (Å²) in [7, 11) is 0. The highest BCUT2D eigenvalue weighted by Gasteiger charge is 2.19. The molecule has 1 aromatic rings. The van der Waals surface area contributed by atoms with Gasteiger partial charge >= 0.3 is 5.97 Å². The SMILES string of the molecule is CC(N)CC(=O)NC(CCc1ccccc1)C(=O)O. The summed E-state index contributed by atoms with van der Waals surface area (Å²) < 4.78 is 0. The van der Waals surface area contributed by atoms with Crippen LogP contribution in [-0.4, -0.2) is 29.1 Å². The van der Waals surface area contributed by atoms with Gasteiger partial charge in [-0.25, -0.2) is 4.79 Å². The van der Waals surface area contributed by atoms with Gasteiger partial charge in [-0.15, -0.1) is 0 Å². The van der Waals surface area contributed by atoms with Gasteiger partial charge in [-0.3, -0.25) is 4.79 Å². The molecule has 0 heterocycles. The Morgan fingerprint density at radius 1 is 1.32 bits per heavy atom. The summed E-state index contributed by atoms with van der Waals surface area (Å²) in [6.07, 6.45) is 1.11. The van der Waals surface area contributed by atoms with Gasteiger partial charge in [-0.2, -0.15) is 0 Å². The van der Waals surface area contributed by atoms with E-state index < -0.39 is 12.0 Å². The third kappa shape index (κ3) is 6.01. The normalized spacial score (nSPS) is 13.6. The maximum absolute atomic E-state index is 11.5. The van der Waals surface area contributed by atoms with E-state index in [1.165, 1.54) is 0 Å². The van der Waals surface area contributed by atoms with Gasteiger partial charge in [-0.1, -0.05) is 30.3 Å². The lowest BCUT2D eigenvalue weighted by Gasteiger charge is -2.15. The van der Waals surface area contributed by atoms with E-state index in [1.54, 1.807) is 6.92 Å². The van der Waals surface area contributed by atoms with Crippen LogP contribution in [-0.2, 0) is 16.0 Å². The summed E-state index contributed by atoms with van der Waals surface area (Å²) >= 11 is 0. The molecule has 1 amide bonds. The fraction of sp³-hybridized carbons (Fsp3) is 0.429. The van der Waals surface area contributed by atoms with E-state index in [-0.39, 0.29) is 18.4 Å². The predicted octanol–water partition coefficient (Wildman–Crippen LogP) is 0.926. The van der Waals surface area contributed by atoms with Crippen LogP contribution in [0.2, 0.25) is 0 Å². The lowest BCUT2D eigenvalue weighted by molar-refractivity contribution is -0.142. The number of rotatable bonds is 7. The van der Waals surface area contributed by atoms with Crippen LogP contribution in [0.3, 0.4) is 0 Å². The third-order valence-electron chi connectivity index (χ3n) is 2.71. The highest BCUT2D eigenvalue weighted by molar-refractivity contribution is 5.83. The lowest BCUT2D eigenvalue weighted by atomic mass is 10.0. The number of aryl methyl sites for hydroxylation is 1. The number of nitrogens with two attached hydrogens (primary N) is 1. The monoisotopic (exact) mass is 264 g/mol. The second kappa shape index (κ2) is 7.53. The zero-order valence-corrected chi connectivity index (χ0v) is 11.0. The highest BCUT2D eigenvalue weighted by atomic mass is 16.4. The van der Waals surface area contributed by atoms with Crippen LogP contribution in [0, 0.1) is 0 Å². The number of carboxylic acid groups (broad SMARTS) is 1. The minimum absolute atomic E-state index is 0.134. The van der Waals surface area contributed by atoms with E-state index in [0.717, 1.165) is 5.56 Å². The van der Waals surface area contributed by atoms with Gasteiger partial charge in [0.05, 0.1) is 0 Å². The number of benzene rings is 1. The minimum Gasteiger partial charge on any atom is -0.480 e. The van der Waals surface area contributed by atoms with Crippen LogP contribution < -0.4 is 11.1 Å². The lowest BCUT2D eigenvalue weighted by Crippen LogP contribution is -2.42. The largest absolute Gasteiger partial charge is 0.480 e. The van der Waals surface area contributed by atoms with Crippen molar-refractivity contribution in [1.82, 2.24) is 5.32 Å². The number of aliphatic carboxylic acids is 1. The molecule has 5 nitrogen and oxygen atoms in total. The Morgan fingerprint density at radius 3 is 2.47 bits per heavy atom. The summed E-state index contributed by atoms with van der Waals surface area (Å²) in [5.41, 5.74) is 6.55. The molecular formula is C14H20N2O3. The van der Waals surface area contributed by atoms with Crippen molar-refractivity contribution in [3.63, 3.8) is 0 Å². The van der Waals surface area contributed by atoms with Crippen LogP contribution >= 0.6 is 0 Å². The van der Waals surface area contributed by atoms with Crippen molar-refractivity contribution in [2.45, 2.75) is 38.3 Å². The molecule has 0 aromatic heterocycles. The first kappa shape index (κ1) is 15.2. The Morgan fingerprint density at radius 2 is 1.95 bits per heavy atom. The second-order valence-electron chi connectivity index (χ2n) is 4.66. The molecule has 0 aliphatic carbocycles. The molecule has 0 spiro atoms. The molecule has 0 aliphatic heterocycles. The summed E-state index contributed by atoms with van der Waals surface area (Å²) in [4.78, 5) is 22.6. The Kier molecular flexibility index (Phi) is 6.02. The van der Waals surface area contributed by atoms with Crippen LogP contribution in [0.5, 0.6) is 0 Å². The highest BCUT2D eigenvalue weighted by Crippen LogP contribution is 2.05. The molecule has 1 aromatic carbocycles. The molecule has 0 aliphatic rings. The van der Waals surface area contributed by atoms with Crippen molar-refractivity contribution in [3.8, 4) is 0 Å². The topological polar surface area (TPSA) is 92.4 Å². The molecule has 19 heavy (non-hydrogen) atoms. The Bertz CT molecular complexity index is 418. The van der Waals surface area contributed by atoms with Gasteiger partial charge in [-0.05, 0) is 25.3 Å². The first-order chi connectivity index (χ1) is 8.99. The molecule has 1 rings (SSSR count). The molecule has 0 radical (unpaired) electrons. The summed E-state index contributed by atoms with van der Waals surface area (Å²) in [5.74, 6) is -1.34. The van der Waals surface area contributed by atoms with Crippen molar-refractivity contribution in [1.29, 1.82) is 0 Å². The maximum Gasteiger partial charge on any atom is 0.326 e. The smallest absolute Gasteiger partial charge is 0.326 e. The van der Waals surface area contributed by atoms with E-state index in [1.807, 2.05) is 30.3 Å². The first-order valence-corrected chi connectivity index (χ1v) is 6.30. The van der Waals surface area contributed by atoms with E-state index in [9.17, 15) is 9.59 Å². The molecule has 104 valence electrons. The molecular weight excluding hydrogens is 244 g/mol. The Hall–Kier alpha value is -1.88. The van der Waals surface area contributed by atoms with E-state index in [0.29, 0.717) is 12.8 Å². The van der Waals surface area contributed by atoms with Crippen molar-refractivity contribution in [2.24, 2.45) is 5.73 Å². The van der Waals surface area contributed by atoms with Crippen LogP contribution in [0.4, 0.5) is 0 Å². The van der Waals surface area contributed by atoms with Gasteiger partial charge < -0.3 is 16.2 Å². The second-order valence-corrected chi connectivity index (χ2v) is 4.66. The fourth-order valence-electron chi connectivity index (χ4n) is 1.76. The summed E-state index contributed by atoms with van der Waals surface area (Å²) in [5, 5.41) is 11.6. The molecule has 0 fully saturated rings. The number of amides is 1. The molecule has 0 saturated heterocycles. The van der Waals surface area contributed by atoms with Crippen LogP contribution in [0.25, 0.3) is 0 Å². The average Bonchev–Trinajstić information content (AvgIpc) is 2.34. The van der Waals surface area contributed by atoms with Gasteiger partial charge in [0.1, 0.15) is 6.04 Å². The number of carbonyl (C=O) groups is 2. The van der Waals surface area contributed by atoms with Crippen molar-refractivity contribution in [2.75, 3.05) is 0 Å². The maximum atomic E-state index is 11.5. The van der Waals surface area contributed by atoms with Crippen molar-refractivity contribution < 1.29 is 14.7 Å². The van der Waals surface area contributed by atoms with Gasteiger partial charge in [0.2, 0.25) is 5.91 Å². The van der Waals surface area contributed by atoms with Crippen LogP contribution in [0.1, 0.15) is 25.3 Å². The zero-order valence-electron chi connectivity index (χ0n) is 11.0. The summed E-state index contributed by atoms with van der Waals surface area (Å²) in [6.45, 7) is 1.71. The van der Waals surface area contributed by atoms with E-state index in [4.69, 9.17) is 10.8 Å². The Labute approximate surface area is 112 Å². The molecule has 0 saturated carbocycles. The molecule has 4 N–H and O–H groups in total. The minimum atomic E-state index is -1.02. The molecule has 5 heteroatoms.